The summed E-state index contributed by atoms with van der Waals surface area (Å²) in [4.78, 5) is 32.1. The quantitative estimate of drug-likeness (QED) is 0.488. The van der Waals surface area contributed by atoms with E-state index in [0.717, 1.165) is 30.6 Å². The van der Waals surface area contributed by atoms with Gasteiger partial charge in [-0.15, -0.1) is 11.3 Å². The second-order valence-electron chi connectivity index (χ2n) is 7.95. The minimum Gasteiger partial charge on any atom is -0.465 e. The number of rotatable bonds is 5. The predicted octanol–water partition coefficient (Wildman–Crippen LogP) is 5.30. The number of nitrogens with zero attached hydrogens (tertiary/aromatic N) is 2. The largest absolute Gasteiger partial charge is 0.465 e. The summed E-state index contributed by atoms with van der Waals surface area (Å²) in [5.41, 5.74) is 1.04. The van der Waals surface area contributed by atoms with Gasteiger partial charge in [0, 0.05) is 28.6 Å². The zero-order valence-corrected chi connectivity index (χ0v) is 18.1. The lowest BCUT2D eigenvalue weighted by Gasteiger charge is -2.33. The summed E-state index contributed by atoms with van der Waals surface area (Å²) >= 11 is 1.33. The number of hydrogen-bond acceptors (Lipinski definition) is 5. The minimum absolute atomic E-state index is 0.0304. The van der Waals surface area contributed by atoms with Crippen molar-refractivity contribution in [2.45, 2.75) is 52.5 Å². The highest BCUT2D eigenvalue weighted by Crippen LogP contribution is 2.41. The van der Waals surface area contributed by atoms with E-state index in [2.05, 4.69) is 11.9 Å². The van der Waals surface area contributed by atoms with Crippen LogP contribution in [0.3, 0.4) is 0 Å². The maximum atomic E-state index is 13.4. The number of methoxy groups -OCH3 is 1. The van der Waals surface area contributed by atoms with Gasteiger partial charge in [0.25, 0.3) is 0 Å². The van der Waals surface area contributed by atoms with Gasteiger partial charge >= 0.3 is 5.97 Å². The zero-order valence-electron chi connectivity index (χ0n) is 17.3. The molecule has 1 saturated carbocycles. The van der Waals surface area contributed by atoms with Crippen molar-refractivity contribution in [3.63, 3.8) is 0 Å². The summed E-state index contributed by atoms with van der Waals surface area (Å²) in [5.74, 6) is -0.381. The second kappa shape index (κ2) is 9.03. The average molecular weight is 419 g/mol. The Morgan fingerprint density at radius 3 is 2.48 bits per heavy atom. The van der Waals surface area contributed by atoms with Crippen molar-refractivity contribution in [3.05, 3.63) is 35.9 Å². The zero-order chi connectivity index (χ0) is 21.1. The third kappa shape index (κ3) is 4.66. The fourth-order valence-corrected chi connectivity index (χ4v) is 5.05. The number of amides is 1. The SMILES string of the molecule is COC(=O)c1cc(-c2ccc(F)nc2)sc1N(C(=O)C1CCC(C)CC1)C(C)C. The molecule has 156 valence electrons. The lowest BCUT2D eigenvalue weighted by molar-refractivity contribution is -0.123. The van der Waals surface area contributed by atoms with Gasteiger partial charge in [-0.2, -0.15) is 4.39 Å². The molecule has 2 aromatic rings. The Labute approximate surface area is 174 Å². The molecular weight excluding hydrogens is 391 g/mol. The van der Waals surface area contributed by atoms with Crippen molar-refractivity contribution < 1.29 is 18.7 Å². The lowest BCUT2D eigenvalue weighted by Crippen LogP contribution is -2.42. The normalized spacial score (nSPS) is 19.2. The van der Waals surface area contributed by atoms with E-state index in [-0.39, 0.29) is 17.9 Å². The van der Waals surface area contributed by atoms with Gasteiger partial charge in [0.05, 0.1) is 12.7 Å². The molecule has 2 heterocycles. The van der Waals surface area contributed by atoms with Crippen LogP contribution in [0.25, 0.3) is 10.4 Å². The average Bonchev–Trinajstić information content (AvgIpc) is 3.13. The smallest absolute Gasteiger partial charge is 0.340 e. The summed E-state index contributed by atoms with van der Waals surface area (Å²) in [6, 6.07) is 4.49. The maximum Gasteiger partial charge on any atom is 0.340 e. The summed E-state index contributed by atoms with van der Waals surface area (Å²) in [7, 11) is 1.33. The van der Waals surface area contributed by atoms with Crippen LogP contribution in [0.2, 0.25) is 0 Å². The number of ether oxygens (including phenoxy) is 1. The number of aromatic nitrogens is 1. The van der Waals surface area contributed by atoms with Crippen molar-refractivity contribution in [1.82, 2.24) is 4.98 Å². The van der Waals surface area contributed by atoms with E-state index in [1.165, 1.54) is 30.7 Å². The summed E-state index contributed by atoms with van der Waals surface area (Å²) < 4.78 is 18.2. The van der Waals surface area contributed by atoms with Gasteiger partial charge in [-0.3, -0.25) is 4.79 Å². The minimum atomic E-state index is -0.566. The van der Waals surface area contributed by atoms with Gasteiger partial charge in [0.2, 0.25) is 11.9 Å². The molecule has 2 aromatic heterocycles. The highest BCUT2D eigenvalue weighted by Gasteiger charge is 2.33. The van der Waals surface area contributed by atoms with E-state index in [4.69, 9.17) is 4.74 Å². The molecule has 0 bridgehead atoms. The maximum absolute atomic E-state index is 13.4. The van der Waals surface area contributed by atoms with E-state index in [0.29, 0.717) is 22.0 Å². The molecule has 7 heteroatoms. The van der Waals surface area contributed by atoms with E-state index in [1.807, 2.05) is 13.8 Å². The first kappa shape index (κ1) is 21.4. The molecular formula is C22H27FN2O3S. The van der Waals surface area contributed by atoms with Crippen molar-refractivity contribution in [2.75, 3.05) is 12.0 Å². The summed E-state index contributed by atoms with van der Waals surface area (Å²) in [5, 5.41) is 0.579. The van der Waals surface area contributed by atoms with Crippen LogP contribution >= 0.6 is 11.3 Å². The number of hydrogen-bond donors (Lipinski definition) is 0. The number of halogens is 1. The molecule has 0 unspecified atom stereocenters. The van der Waals surface area contributed by atoms with Crippen molar-refractivity contribution in [1.29, 1.82) is 0 Å². The van der Waals surface area contributed by atoms with Crippen molar-refractivity contribution in [3.8, 4) is 10.4 Å². The fourth-order valence-electron chi connectivity index (χ4n) is 3.77. The van der Waals surface area contributed by atoms with E-state index in [9.17, 15) is 14.0 Å². The molecule has 1 fully saturated rings. The molecule has 0 N–H and O–H groups in total. The fraction of sp³-hybridized carbons (Fsp3) is 0.500. The van der Waals surface area contributed by atoms with Crippen LogP contribution in [0.4, 0.5) is 9.39 Å². The molecule has 0 aromatic carbocycles. The van der Waals surface area contributed by atoms with E-state index < -0.39 is 11.9 Å². The molecule has 29 heavy (non-hydrogen) atoms. The number of anilines is 1. The first-order valence-electron chi connectivity index (χ1n) is 9.99. The molecule has 1 amide bonds. The molecule has 0 spiro atoms. The third-order valence-electron chi connectivity index (χ3n) is 5.47. The molecule has 1 aliphatic carbocycles. The monoisotopic (exact) mass is 418 g/mol. The number of carbonyl (C=O) groups is 2. The topological polar surface area (TPSA) is 59.5 Å². The number of esters is 1. The van der Waals surface area contributed by atoms with Crippen LogP contribution < -0.4 is 4.90 Å². The Morgan fingerprint density at radius 1 is 1.24 bits per heavy atom. The first-order valence-corrected chi connectivity index (χ1v) is 10.8. The summed E-state index contributed by atoms with van der Waals surface area (Å²) in [6.07, 6.45) is 5.26. The Morgan fingerprint density at radius 2 is 1.93 bits per heavy atom. The van der Waals surface area contributed by atoms with Gasteiger partial charge in [-0.05, 0) is 63.6 Å². The molecule has 1 aliphatic rings. The van der Waals surface area contributed by atoms with Crippen LogP contribution in [0.1, 0.15) is 56.8 Å². The van der Waals surface area contributed by atoms with Crippen LogP contribution in [0.15, 0.2) is 24.4 Å². The number of thiophene rings is 1. The van der Waals surface area contributed by atoms with Crippen LogP contribution in [0, 0.1) is 17.8 Å². The molecule has 0 aliphatic heterocycles. The van der Waals surface area contributed by atoms with E-state index >= 15 is 0 Å². The Kier molecular flexibility index (Phi) is 6.67. The highest BCUT2D eigenvalue weighted by atomic mass is 32.1. The van der Waals surface area contributed by atoms with Crippen LogP contribution in [-0.4, -0.2) is 30.0 Å². The predicted molar refractivity (Wildman–Crippen MR) is 113 cm³/mol. The Balaban J connectivity index is 2.01. The number of pyridine rings is 1. The van der Waals surface area contributed by atoms with Gasteiger partial charge < -0.3 is 9.64 Å². The van der Waals surface area contributed by atoms with Crippen LogP contribution in [-0.2, 0) is 9.53 Å². The van der Waals surface area contributed by atoms with Crippen LogP contribution in [0.5, 0.6) is 0 Å². The Bertz CT molecular complexity index is 871. The van der Waals surface area contributed by atoms with Gasteiger partial charge in [-0.1, -0.05) is 6.92 Å². The molecule has 3 rings (SSSR count). The molecule has 0 saturated heterocycles. The van der Waals surface area contributed by atoms with Crippen molar-refractivity contribution in [2.24, 2.45) is 11.8 Å². The standard InChI is InChI=1S/C22H27FN2O3S/c1-13(2)25(20(26)15-7-5-14(3)6-8-15)21-17(22(27)28-4)11-18(29-21)16-9-10-19(23)24-12-16/h9-15H,5-8H2,1-4H3. The Hall–Kier alpha value is -2.28. The first-order chi connectivity index (χ1) is 13.8. The molecule has 0 radical (unpaired) electrons. The number of carbonyl (C=O) groups excluding carboxylic acids is 2. The highest BCUT2D eigenvalue weighted by molar-refractivity contribution is 7.20. The van der Waals surface area contributed by atoms with Gasteiger partial charge in [-0.25, -0.2) is 9.78 Å². The third-order valence-corrected chi connectivity index (χ3v) is 6.65. The molecule has 5 nitrogen and oxygen atoms in total. The van der Waals surface area contributed by atoms with Gasteiger partial charge in [0.1, 0.15) is 5.00 Å². The van der Waals surface area contributed by atoms with E-state index in [1.54, 1.807) is 17.0 Å². The lowest BCUT2D eigenvalue weighted by atomic mass is 9.82. The van der Waals surface area contributed by atoms with Gasteiger partial charge in [0.15, 0.2) is 0 Å². The second-order valence-corrected chi connectivity index (χ2v) is 8.98. The summed E-state index contributed by atoms with van der Waals surface area (Å²) in [6.45, 7) is 6.12. The molecule has 0 atom stereocenters. The van der Waals surface area contributed by atoms with Crippen molar-refractivity contribution >= 4 is 28.2 Å².